The average Bonchev–Trinajstić information content (AvgIpc) is 3.20. The Balaban J connectivity index is 1.72. The minimum Gasteiger partial charge on any atom is -0.449 e. The molecule has 0 aliphatic heterocycles. The zero-order valence-corrected chi connectivity index (χ0v) is 14.2. The van der Waals surface area contributed by atoms with E-state index in [4.69, 9.17) is 32.4 Å². The van der Waals surface area contributed by atoms with E-state index in [0.717, 1.165) is 4.88 Å². The number of halogens is 2. The number of aromatic nitrogens is 2. The maximum absolute atomic E-state index is 12.1. The van der Waals surface area contributed by atoms with Crippen LogP contribution in [0.15, 0.2) is 40.1 Å². The third kappa shape index (κ3) is 3.55. The number of hydrogen-bond donors (Lipinski definition) is 0. The van der Waals surface area contributed by atoms with Crippen molar-refractivity contribution in [1.82, 2.24) is 10.2 Å². The summed E-state index contributed by atoms with van der Waals surface area (Å²) in [7, 11) is 0. The Labute approximate surface area is 145 Å². The van der Waals surface area contributed by atoms with Gasteiger partial charge in [-0.25, -0.2) is 4.79 Å². The second-order valence-corrected chi connectivity index (χ2v) is 6.36. The smallest absolute Gasteiger partial charge is 0.338 e. The second kappa shape index (κ2) is 6.70. The van der Waals surface area contributed by atoms with Gasteiger partial charge in [-0.3, -0.25) is 0 Å². The Morgan fingerprint density at radius 3 is 2.78 bits per heavy atom. The van der Waals surface area contributed by atoms with Gasteiger partial charge >= 0.3 is 5.97 Å². The third-order valence-electron chi connectivity index (χ3n) is 2.96. The first-order valence-corrected chi connectivity index (χ1v) is 8.21. The van der Waals surface area contributed by atoms with E-state index in [1.165, 1.54) is 29.5 Å². The number of carbonyl (C=O) groups is 1. The van der Waals surface area contributed by atoms with Crippen molar-refractivity contribution in [3.05, 3.63) is 57.2 Å². The van der Waals surface area contributed by atoms with E-state index in [1.54, 1.807) is 6.92 Å². The van der Waals surface area contributed by atoms with Crippen molar-refractivity contribution in [3.63, 3.8) is 0 Å². The maximum Gasteiger partial charge on any atom is 0.338 e. The van der Waals surface area contributed by atoms with E-state index in [1.807, 2.05) is 17.5 Å². The van der Waals surface area contributed by atoms with Crippen molar-refractivity contribution in [2.45, 2.75) is 13.0 Å². The molecule has 8 heteroatoms. The van der Waals surface area contributed by atoms with Gasteiger partial charge in [0.25, 0.3) is 11.8 Å². The molecule has 0 spiro atoms. The third-order valence-corrected chi connectivity index (χ3v) is 4.56. The van der Waals surface area contributed by atoms with Crippen LogP contribution in [0.1, 0.15) is 29.3 Å². The van der Waals surface area contributed by atoms with Crippen LogP contribution < -0.4 is 0 Å². The molecule has 1 atom stereocenters. The molecule has 1 aromatic carbocycles. The molecule has 2 heterocycles. The minimum atomic E-state index is -0.682. The fraction of sp³-hybridized carbons (Fsp3) is 0.133. The fourth-order valence-corrected chi connectivity index (χ4v) is 2.74. The Morgan fingerprint density at radius 1 is 1.26 bits per heavy atom. The first kappa shape index (κ1) is 16.0. The molecule has 0 fully saturated rings. The van der Waals surface area contributed by atoms with Crippen LogP contribution in [-0.2, 0) is 4.74 Å². The molecule has 0 unspecified atom stereocenters. The molecule has 5 nitrogen and oxygen atoms in total. The van der Waals surface area contributed by atoms with Gasteiger partial charge in [-0.05, 0) is 36.6 Å². The highest BCUT2D eigenvalue weighted by atomic mass is 35.5. The molecule has 0 amide bonds. The molecule has 0 N–H and O–H groups in total. The second-order valence-electron chi connectivity index (χ2n) is 4.60. The van der Waals surface area contributed by atoms with Crippen molar-refractivity contribution >= 4 is 40.5 Å². The van der Waals surface area contributed by atoms with Crippen LogP contribution in [0.4, 0.5) is 0 Å². The van der Waals surface area contributed by atoms with Crippen LogP contribution in [-0.4, -0.2) is 16.2 Å². The minimum absolute atomic E-state index is 0.224. The standard InChI is InChI=1S/C15H10Cl2N2O3S/c1-8(13-18-19-14(22-13)12-3-2-6-23-12)21-15(20)9-4-5-10(16)11(17)7-9/h2-8H,1H3/t8-/m0/s1. The largest absolute Gasteiger partial charge is 0.449 e. The Kier molecular flexibility index (Phi) is 4.66. The maximum atomic E-state index is 12.1. The Bertz CT molecular complexity index is 833. The number of esters is 1. The van der Waals surface area contributed by atoms with Crippen LogP contribution in [0.2, 0.25) is 10.0 Å². The van der Waals surface area contributed by atoms with Crippen molar-refractivity contribution in [2.24, 2.45) is 0 Å². The number of carbonyl (C=O) groups excluding carboxylic acids is 1. The molecule has 0 radical (unpaired) electrons. The molecule has 0 saturated heterocycles. The van der Waals surface area contributed by atoms with E-state index in [2.05, 4.69) is 10.2 Å². The zero-order chi connectivity index (χ0) is 16.4. The molecular formula is C15H10Cl2N2O3S. The first-order chi connectivity index (χ1) is 11.0. The number of ether oxygens (including phenoxy) is 1. The molecule has 0 aliphatic carbocycles. The summed E-state index contributed by atoms with van der Waals surface area (Å²) in [4.78, 5) is 13.0. The zero-order valence-electron chi connectivity index (χ0n) is 11.8. The van der Waals surface area contributed by atoms with Crippen LogP contribution >= 0.6 is 34.5 Å². The lowest BCUT2D eigenvalue weighted by Crippen LogP contribution is -2.09. The fourth-order valence-electron chi connectivity index (χ4n) is 1.80. The monoisotopic (exact) mass is 368 g/mol. The molecule has 0 saturated carbocycles. The van der Waals surface area contributed by atoms with Crippen molar-refractivity contribution < 1.29 is 13.9 Å². The molecule has 2 aromatic heterocycles. The van der Waals surface area contributed by atoms with E-state index in [-0.39, 0.29) is 10.9 Å². The first-order valence-electron chi connectivity index (χ1n) is 6.58. The van der Waals surface area contributed by atoms with Gasteiger partial charge in [-0.1, -0.05) is 29.3 Å². The van der Waals surface area contributed by atoms with E-state index in [9.17, 15) is 4.79 Å². The lowest BCUT2D eigenvalue weighted by Gasteiger charge is -2.09. The van der Waals surface area contributed by atoms with Gasteiger partial charge in [0, 0.05) is 0 Å². The molecule has 23 heavy (non-hydrogen) atoms. The Morgan fingerprint density at radius 2 is 2.09 bits per heavy atom. The van der Waals surface area contributed by atoms with Crippen molar-refractivity contribution in [2.75, 3.05) is 0 Å². The van der Waals surface area contributed by atoms with Crippen molar-refractivity contribution in [1.29, 1.82) is 0 Å². The molecule has 3 aromatic rings. The van der Waals surface area contributed by atoms with E-state index >= 15 is 0 Å². The normalized spacial score (nSPS) is 12.1. The summed E-state index contributed by atoms with van der Waals surface area (Å²) in [5, 5.41) is 10.4. The molecule has 0 aliphatic rings. The number of benzene rings is 1. The predicted octanol–water partition coefficient (Wildman–Crippen LogP) is 5.02. The summed E-state index contributed by atoms with van der Waals surface area (Å²) in [5.74, 6) is 0.0705. The summed E-state index contributed by atoms with van der Waals surface area (Å²) in [6.45, 7) is 1.65. The summed E-state index contributed by atoms with van der Waals surface area (Å²) < 4.78 is 10.8. The topological polar surface area (TPSA) is 65.2 Å². The van der Waals surface area contributed by atoms with Gasteiger partial charge in [0.05, 0.1) is 20.5 Å². The summed E-state index contributed by atoms with van der Waals surface area (Å²) >= 11 is 13.2. The molecule has 3 rings (SSSR count). The Hall–Kier alpha value is -1.89. The number of hydrogen-bond acceptors (Lipinski definition) is 6. The van der Waals surface area contributed by atoms with Gasteiger partial charge in [-0.15, -0.1) is 21.5 Å². The van der Waals surface area contributed by atoms with Gasteiger partial charge in [0.1, 0.15) is 0 Å². The van der Waals surface area contributed by atoms with E-state index in [0.29, 0.717) is 16.5 Å². The number of nitrogens with zero attached hydrogens (tertiary/aromatic N) is 2. The average molecular weight is 369 g/mol. The highest BCUT2D eigenvalue weighted by molar-refractivity contribution is 7.13. The SMILES string of the molecule is C[C@H](OC(=O)c1ccc(Cl)c(Cl)c1)c1nnc(-c2cccs2)o1. The number of thiophene rings is 1. The van der Waals surface area contributed by atoms with Crippen molar-refractivity contribution in [3.8, 4) is 10.8 Å². The summed E-state index contributed by atoms with van der Waals surface area (Å²) in [5.41, 5.74) is 0.296. The van der Waals surface area contributed by atoms with Gasteiger partial charge < -0.3 is 9.15 Å². The van der Waals surface area contributed by atoms with Crippen LogP contribution in [0.5, 0.6) is 0 Å². The molecule has 0 bridgehead atoms. The summed E-state index contributed by atoms with van der Waals surface area (Å²) in [6, 6.07) is 8.27. The lowest BCUT2D eigenvalue weighted by atomic mass is 10.2. The van der Waals surface area contributed by atoms with E-state index < -0.39 is 12.1 Å². The molecule has 118 valence electrons. The van der Waals surface area contributed by atoms with Crippen LogP contribution in [0.3, 0.4) is 0 Å². The van der Waals surface area contributed by atoms with Crippen LogP contribution in [0, 0.1) is 0 Å². The highest BCUT2D eigenvalue weighted by Crippen LogP contribution is 2.27. The highest BCUT2D eigenvalue weighted by Gasteiger charge is 2.20. The lowest BCUT2D eigenvalue weighted by molar-refractivity contribution is 0.0280. The predicted molar refractivity (Wildman–Crippen MR) is 87.9 cm³/mol. The van der Waals surface area contributed by atoms with Gasteiger partial charge in [-0.2, -0.15) is 0 Å². The van der Waals surface area contributed by atoms with Gasteiger partial charge in [0.15, 0.2) is 6.10 Å². The molecular weight excluding hydrogens is 359 g/mol. The van der Waals surface area contributed by atoms with Gasteiger partial charge in [0.2, 0.25) is 0 Å². The van der Waals surface area contributed by atoms with Crippen LogP contribution in [0.25, 0.3) is 10.8 Å². The number of rotatable bonds is 4. The quantitative estimate of drug-likeness (QED) is 0.604. The summed E-state index contributed by atoms with van der Waals surface area (Å²) in [6.07, 6.45) is -0.682.